The van der Waals surface area contributed by atoms with Crippen molar-refractivity contribution >= 4 is 33.9 Å². The highest BCUT2D eigenvalue weighted by Gasteiger charge is 2.58. The second-order valence-corrected chi connectivity index (χ2v) is 7.08. The second-order valence-electron chi connectivity index (χ2n) is 4.85. The minimum absolute atomic E-state index is 0.220. The Balaban J connectivity index is 2.03. The number of aliphatic imine (C=N–C) groups is 1. The maximum Gasteiger partial charge on any atom is 0.456 e. The third kappa shape index (κ3) is 5.06. The molecule has 0 fully saturated rings. The van der Waals surface area contributed by atoms with Gasteiger partial charge >= 0.3 is 12.1 Å². The van der Waals surface area contributed by atoms with Gasteiger partial charge in [-0.05, 0) is 27.7 Å². The smallest absolute Gasteiger partial charge is 0.456 e. The van der Waals surface area contributed by atoms with Crippen LogP contribution in [0.5, 0.6) is 0 Å². The number of pyridine rings is 1. The molecular weight excluding hydrogens is 433 g/mol. The molecule has 0 radical (unpaired) electrons. The number of halogens is 6. The van der Waals surface area contributed by atoms with Crippen LogP contribution in [0.25, 0.3) is 0 Å². The minimum atomic E-state index is -5.66. The summed E-state index contributed by atoms with van der Waals surface area (Å²) in [7, 11) is 0. The summed E-state index contributed by atoms with van der Waals surface area (Å²) >= 11 is 4.87. The number of alkyl halides is 5. The predicted octanol–water partition coefficient (Wildman–Crippen LogP) is 4.68. The fourth-order valence-electron chi connectivity index (χ4n) is 1.78. The quantitative estimate of drug-likeness (QED) is 0.509. The van der Waals surface area contributed by atoms with Crippen LogP contribution in [0.2, 0.25) is 0 Å². The lowest BCUT2D eigenvalue weighted by Crippen LogP contribution is -2.40. The zero-order valence-corrected chi connectivity index (χ0v) is 15.2. The Hall–Kier alpha value is -1.36. The summed E-state index contributed by atoms with van der Waals surface area (Å²) in [5.41, 5.74) is 0.613. The molecule has 1 aliphatic rings. The van der Waals surface area contributed by atoms with E-state index in [1.54, 1.807) is 18.0 Å². The van der Waals surface area contributed by atoms with Crippen LogP contribution < -0.4 is 5.32 Å². The van der Waals surface area contributed by atoms with E-state index in [1.165, 1.54) is 6.20 Å². The second kappa shape index (κ2) is 7.90. The topological polar surface area (TPSA) is 46.5 Å². The van der Waals surface area contributed by atoms with Crippen LogP contribution in [0.1, 0.15) is 18.8 Å². The minimum Gasteiger partial charge on any atom is -0.484 e. The SMILES string of the molecule is CCSc1cc(Br)cnc1C1N=CC(OCC(F)(F)C(F)(F)F)=CN1. The molecule has 0 saturated carbocycles. The van der Waals surface area contributed by atoms with Crippen molar-refractivity contribution in [2.24, 2.45) is 4.99 Å². The van der Waals surface area contributed by atoms with Gasteiger partial charge in [-0.1, -0.05) is 6.92 Å². The molecule has 1 aromatic rings. The van der Waals surface area contributed by atoms with Gasteiger partial charge in [0.2, 0.25) is 0 Å². The summed E-state index contributed by atoms with van der Waals surface area (Å²) in [6.07, 6.45) is -2.38. The number of rotatable bonds is 6. The number of nitrogens with zero attached hydrogens (tertiary/aromatic N) is 2. The average Bonchev–Trinajstić information content (AvgIpc) is 2.53. The van der Waals surface area contributed by atoms with Gasteiger partial charge in [0.1, 0.15) is 0 Å². The number of ether oxygens (including phenoxy) is 1. The number of allylic oxidation sites excluding steroid dienone is 1. The standard InChI is InChI=1S/C14H13BrF5N3OS/c1-2-25-10-3-8(15)4-21-11(10)12-22-5-9(6-23-12)24-7-13(16,17)14(18,19)20/h3-6,12,22H,2,7H2,1H3. The van der Waals surface area contributed by atoms with Crippen molar-refractivity contribution in [3.8, 4) is 0 Å². The van der Waals surface area contributed by atoms with Crippen molar-refractivity contribution in [1.29, 1.82) is 0 Å². The molecule has 0 aliphatic carbocycles. The third-order valence-electron chi connectivity index (χ3n) is 2.98. The largest absolute Gasteiger partial charge is 0.484 e. The van der Waals surface area contributed by atoms with E-state index in [-0.39, 0.29) is 5.76 Å². The zero-order chi connectivity index (χ0) is 18.7. The van der Waals surface area contributed by atoms with Crippen LogP contribution in [0.4, 0.5) is 22.0 Å². The number of aromatic nitrogens is 1. The van der Waals surface area contributed by atoms with E-state index in [1.807, 2.05) is 13.0 Å². The van der Waals surface area contributed by atoms with Gasteiger partial charge in [0.15, 0.2) is 18.5 Å². The molecule has 138 valence electrons. The van der Waals surface area contributed by atoms with Gasteiger partial charge in [-0.25, -0.2) is 0 Å². The van der Waals surface area contributed by atoms with Gasteiger partial charge in [0.25, 0.3) is 0 Å². The van der Waals surface area contributed by atoms with Crippen LogP contribution >= 0.6 is 27.7 Å². The van der Waals surface area contributed by atoms with Gasteiger partial charge < -0.3 is 10.1 Å². The molecule has 0 amide bonds. The maximum absolute atomic E-state index is 12.8. The molecule has 1 N–H and O–H groups in total. The molecule has 1 aromatic heterocycles. The average molecular weight is 446 g/mol. The molecule has 11 heteroatoms. The molecule has 1 atom stereocenters. The number of hydrogen-bond donors (Lipinski definition) is 1. The Kier molecular flexibility index (Phi) is 6.30. The van der Waals surface area contributed by atoms with Crippen molar-refractivity contribution in [3.63, 3.8) is 0 Å². The van der Waals surface area contributed by atoms with Crippen LogP contribution in [0.3, 0.4) is 0 Å². The Morgan fingerprint density at radius 2 is 2.04 bits per heavy atom. The highest BCUT2D eigenvalue weighted by atomic mass is 79.9. The Bertz CT molecular complexity index is 681. The van der Waals surface area contributed by atoms with Crippen LogP contribution in [-0.4, -0.2) is 35.7 Å². The molecule has 25 heavy (non-hydrogen) atoms. The lowest BCUT2D eigenvalue weighted by molar-refractivity contribution is -0.293. The van der Waals surface area contributed by atoms with Crippen LogP contribution in [-0.2, 0) is 4.74 Å². The first-order valence-electron chi connectivity index (χ1n) is 6.99. The van der Waals surface area contributed by atoms with E-state index < -0.39 is 24.9 Å². The Labute approximate surface area is 153 Å². The van der Waals surface area contributed by atoms with E-state index >= 15 is 0 Å². The molecular formula is C14H13BrF5N3OS. The van der Waals surface area contributed by atoms with E-state index in [0.717, 1.165) is 21.3 Å². The predicted molar refractivity (Wildman–Crippen MR) is 87.7 cm³/mol. The number of thioether (sulfide) groups is 1. The van der Waals surface area contributed by atoms with Gasteiger partial charge in [-0.2, -0.15) is 22.0 Å². The zero-order valence-electron chi connectivity index (χ0n) is 12.8. The molecule has 1 aliphatic heterocycles. The van der Waals surface area contributed by atoms with Crippen molar-refractivity contribution < 1.29 is 26.7 Å². The molecule has 1 unspecified atom stereocenters. The van der Waals surface area contributed by atoms with E-state index in [2.05, 4.69) is 36.0 Å². The Morgan fingerprint density at radius 3 is 2.60 bits per heavy atom. The van der Waals surface area contributed by atoms with Crippen LogP contribution in [0.15, 0.2) is 38.6 Å². The first kappa shape index (κ1) is 20.0. The summed E-state index contributed by atoms with van der Waals surface area (Å²) in [6, 6.07) is 1.87. The number of nitrogens with one attached hydrogen (secondary N) is 1. The maximum atomic E-state index is 12.8. The van der Waals surface area contributed by atoms with Crippen molar-refractivity contribution in [2.45, 2.75) is 30.1 Å². The van der Waals surface area contributed by atoms with E-state index in [0.29, 0.717) is 5.69 Å². The van der Waals surface area contributed by atoms with Gasteiger partial charge in [0.05, 0.1) is 11.9 Å². The van der Waals surface area contributed by atoms with Gasteiger partial charge in [-0.3, -0.25) is 9.98 Å². The lowest BCUT2D eigenvalue weighted by Gasteiger charge is -2.22. The molecule has 0 bridgehead atoms. The summed E-state index contributed by atoms with van der Waals surface area (Å²) in [4.78, 5) is 9.22. The molecule has 0 saturated heterocycles. The van der Waals surface area contributed by atoms with Gasteiger partial charge in [0, 0.05) is 21.8 Å². The first-order valence-corrected chi connectivity index (χ1v) is 8.77. The summed E-state index contributed by atoms with van der Waals surface area (Å²) < 4.78 is 67.3. The highest BCUT2D eigenvalue weighted by molar-refractivity contribution is 9.10. The van der Waals surface area contributed by atoms with Crippen molar-refractivity contribution in [3.05, 3.63) is 34.4 Å². The van der Waals surface area contributed by atoms with Crippen molar-refractivity contribution in [2.75, 3.05) is 12.4 Å². The molecule has 0 aromatic carbocycles. The number of hydrogen-bond acceptors (Lipinski definition) is 5. The fourth-order valence-corrected chi connectivity index (χ4v) is 3.10. The summed E-state index contributed by atoms with van der Waals surface area (Å²) in [5.74, 6) is -4.35. The van der Waals surface area contributed by atoms with E-state index in [4.69, 9.17) is 0 Å². The van der Waals surface area contributed by atoms with Crippen molar-refractivity contribution in [1.82, 2.24) is 10.3 Å². The van der Waals surface area contributed by atoms with Crippen LogP contribution in [0, 0.1) is 0 Å². The molecule has 2 rings (SSSR count). The first-order chi connectivity index (χ1) is 11.6. The van der Waals surface area contributed by atoms with E-state index in [9.17, 15) is 22.0 Å². The summed E-state index contributed by atoms with van der Waals surface area (Å²) in [5, 5.41) is 2.78. The molecule has 0 spiro atoms. The lowest BCUT2D eigenvalue weighted by atomic mass is 10.2. The fraction of sp³-hybridized carbons (Fsp3) is 0.429. The van der Waals surface area contributed by atoms with Gasteiger partial charge in [-0.15, -0.1) is 11.8 Å². The monoisotopic (exact) mass is 445 g/mol. The highest BCUT2D eigenvalue weighted by Crippen LogP contribution is 2.36. The normalized spacial score (nSPS) is 17.9. The third-order valence-corrected chi connectivity index (χ3v) is 4.34. The summed E-state index contributed by atoms with van der Waals surface area (Å²) in [6.45, 7) is 0.160. The Morgan fingerprint density at radius 1 is 1.32 bits per heavy atom. The molecule has 4 nitrogen and oxygen atoms in total. The molecule has 2 heterocycles.